The van der Waals surface area contributed by atoms with Gasteiger partial charge in [0, 0.05) is 18.2 Å². The van der Waals surface area contributed by atoms with E-state index in [-0.39, 0.29) is 24.2 Å². The van der Waals surface area contributed by atoms with Gasteiger partial charge < -0.3 is 15.0 Å². The molecule has 0 spiro atoms. The summed E-state index contributed by atoms with van der Waals surface area (Å²) in [5, 5.41) is 2.68. The number of carbonyl (C=O) groups excluding carboxylic acids is 1. The average molecular weight is 252 g/mol. The molecule has 0 fully saturated rings. The zero-order valence-electron chi connectivity index (χ0n) is 10.8. The number of methoxy groups -OCH3 is 1. The van der Waals surface area contributed by atoms with Gasteiger partial charge in [0.15, 0.2) is 11.6 Å². The lowest BCUT2D eigenvalue weighted by Gasteiger charge is -2.35. The van der Waals surface area contributed by atoms with Crippen molar-refractivity contribution in [2.24, 2.45) is 0 Å². The van der Waals surface area contributed by atoms with Crippen LogP contribution in [0.2, 0.25) is 0 Å². The molecule has 5 heteroatoms. The fraction of sp³-hybridized carbons (Fsp3) is 0.462. The van der Waals surface area contributed by atoms with E-state index in [9.17, 15) is 9.18 Å². The molecule has 2 rings (SSSR count). The number of carbonyl (C=O) groups is 1. The van der Waals surface area contributed by atoms with E-state index in [0.29, 0.717) is 5.69 Å². The van der Waals surface area contributed by atoms with Crippen molar-refractivity contribution in [1.29, 1.82) is 0 Å². The molecule has 1 aromatic rings. The van der Waals surface area contributed by atoms with Crippen LogP contribution in [0.5, 0.6) is 5.75 Å². The maximum atomic E-state index is 13.6. The third-order valence-electron chi connectivity index (χ3n) is 3.29. The van der Waals surface area contributed by atoms with Crippen molar-refractivity contribution >= 4 is 17.3 Å². The largest absolute Gasteiger partial charge is 0.494 e. The molecule has 1 aliphatic heterocycles. The van der Waals surface area contributed by atoms with E-state index in [4.69, 9.17) is 4.74 Å². The normalized spacial score (nSPS) is 16.0. The van der Waals surface area contributed by atoms with Gasteiger partial charge in [-0.05, 0) is 13.3 Å². The number of fused-ring (bicyclic) bond motifs is 1. The second kappa shape index (κ2) is 4.84. The molecule has 1 heterocycles. The van der Waals surface area contributed by atoms with Crippen LogP contribution in [-0.2, 0) is 4.79 Å². The Morgan fingerprint density at radius 2 is 2.28 bits per heavy atom. The SMILES string of the molecule is CCC(C)N1CC(=O)Nc2cc(F)c(OC)cc21. The zero-order valence-corrected chi connectivity index (χ0v) is 10.8. The number of nitrogens with zero attached hydrogens (tertiary/aromatic N) is 1. The summed E-state index contributed by atoms with van der Waals surface area (Å²) < 4.78 is 18.6. The predicted molar refractivity (Wildman–Crippen MR) is 68.7 cm³/mol. The highest BCUT2D eigenvalue weighted by molar-refractivity contribution is 6.01. The Balaban J connectivity index is 2.49. The van der Waals surface area contributed by atoms with Crippen LogP contribution in [0.4, 0.5) is 15.8 Å². The summed E-state index contributed by atoms with van der Waals surface area (Å²) in [6.45, 7) is 4.38. The Morgan fingerprint density at radius 3 is 2.89 bits per heavy atom. The summed E-state index contributed by atoms with van der Waals surface area (Å²) in [6.07, 6.45) is 0.909. The molecule has 1 amide bonds. The van der Waals surface area contributed by atoms with Crippen molar-refractivity contribution in [3.8, 4) is 5.75 Å². The highest BCUT2D eigenvalue weighted by Crippen LogP contribution is 2.36. The van der Waals surface area contributed by atoms with Gasteiger partial charge in [-0.3, -0.25) is 4.79 Å². The molecule has 1 aliphatic rings. The number of halogens is 1. The number of amides is 1. The minimum Gasteiger partial charge on any atom is -0.494 e. The zero-order chi connectivity index (χ0) is 13.3. The predicted octanol–water partition coefficient (Wildman–Crippen LogP) is 2.39. The monoisotopic (exact) mass is 252 g/mol. The molecular weight excluding hydrogens is 235 g/mol. The van der Waals surface area contributed by atoms with Crippen molar-refractivity contribution in [1.82, 2.24) is 0 Å². The number of ether oxygens (including phenoxy) is 1. The number of anilines is 2. The van der Waals surface area contributed by atoms with Crippen LogP contribution in [0.25, 0.3) is 0 Å². The number of hydrogen-bond acceptors (Lipinski definition) is 3. The van der Waals surface area contributed by atoms with E-state index in [1.165, 1.54) is 13.2 Å². The van der Waals surface area contributed by atoms with Crippen molar-refractivity contribution in [3.05, 3.63) is 17.9 Å². The van der Waals surface area contributed by atoms with Crippen LogP contribution in [-0.4, -0.2) is 25.6 Å². The fourth-order valence-electron chi connectivity index (χ4n) is 2.08. The van der Waals surface area contributed by atoms with E-state index < -0.39 is 5.82 Å². The number of rotatable bonds is 3. The van der Waals surface area contributed by atoms with Gasteiger partial charge in [-0.15, -0.1) is 0 Å². The third kappa shape index (κ3) is 2.12. The van der Waals surface area contributed by atoms with Crippen molar-refractivity contribution in [3.63, 3.8) is 0 Å². The molecule has 1 N–H and O–H groups in total. The van der Waals surface area contributed by atoms with Gasteiger partial charge in [-0.1, -0.05) is 6.92 Å². The van der Waals surface area contributed by atoms with Gasteiger partial charge in [0.05, 0.1) is 25.0 Å². The van der Waals surface area contributed by atoms with Crippen LogP contribution in [0, 0.1) is 5.82 Å². The molecular formula is C13H17FN2O2. The molecule has 1 atom stereocenters. The summed E-state index contributed by atoms with van der Waals surface area (Å²) >= 11 is 0. The molecule has 0 saturated carbocycles. The van der Waals surface area contributed by atoms with Gasteiger partial charge in [-0.2, -0.15) is 0 Å². The van der Waals surface area contributed by atoms with Crippen LogP contribution in [0.1, 0.15) is 20.3 Å². The Hall–Kier alpha value is -1.78. The molecule has 0 aliphatic carbocycles. The standard InChI is InChI=1S/C13H17FN2O2/c1-4-8(2)16-7-13(17)15-10-5-9(14)12(18-3)6-11(10)16/h5-6,8H,4,7H2,1-3H3,(H,15,17). The highest BCUT2D eigenvalue weighted by atomic mass is 19.1. The Kier molecular flexibility index (Phi) is 3.41. The highest BCUT2D eigenvalue weighted by Gasteiger charge is 2.26. The van der Waals surface area contributed by atoms with E-state index >= 15 is 0 Å². The number of hydrogen-bond donors (Lipinski definition) is 1. The van der Waals surface area contributed by atoms with E-state index in [1.807, 2.05) is 11.8 Å². The lowest BCUT2D eigenvalue weighted by molar-refractivity contribution is -0.115. The molecule has 1 unspecified atom stereocenters. The molecule has 18 heavy (non-hydrogen) atoms. The summed E-state index contributed by atoms with van der Waals surface area (Å²) in [6, 6.07) is 3.15. The van der Waals surface area contributed by atoms with E-state index in [2.05, 4.69) is 12.2 Å². The lowest BCUT2D eigenvalue weighted by Crippen LogP contribution is -2.43. The minimum atomic E-state index is -0.470. The molecule has 0 aromatic heterocycles. The summed E-state index contributed by atoms with van der Waals surface area (Å²) in [5.41, 5.74) is 1.31. The van der Waals surface area contributed by atoms with Gasteiger partial charge in [0.25, 0.3) is 0 Å². The Labute approximate surface area is 106 Å². The fourth-order valence-corrected chi connectivity index (χ4v) is 2.08. The Morgan fingerprint density at radius 1 is 1.56 bits per heavy atom. The number of nitrogens with one attached hydrogen (secondary N) is 1. The minimum absolute atomic E-state index is 0.118. The van der Waals surface area contributed by atoms with Crippen molar-refractivity contribution in [2.45, 2.75) is 26.3 Å². The topological polar surface area (TPSA) is 41.6 Å². The lowest BCUT2D eigenvalue weighted by atomic mass is 10.1. The van der Waals surface area contributed by atoms with E-state index in [1.54, 1.807) is 6.07 Å². The van der Waals surface area contributed by atoms with Gasteiger partial charge in [-0.25, -0.2) is 4.39 Å². The molecule has 1 aromatic carbocycles. The molecule has 4 nitrogen and oxygen atoms in total. The smallest absolute Gasteiger partial charge is 0.243 e. The second-order valence-corrected chi connectivity index (χ2v) is 4.44. The first-order chi connectivity index (χ1) is 8.56. The molecule has 0 bridgehead atoms. The summed E-state index contributed by atoms with van der Waals surface area (Å²) in [5.74, 6) is -0.395. The molecule has 0 radical (unpaired) electrons. The second-order valence-electron chi connectivity index (χ2n) is 4.44. The summed E-state index contributed by atoms with van der Waals surface area (Å²) in [7, 11) is 1.43. The maximum absolute atomic E-state index is 13.6. The van der Waals surface area contributed by atoms with Crippen molar-refractivity contribution in [2.75, 3.05) is 23.9 Å². The van der Waals surface area contributed by atoms with Crippen molar-refractivity contribution < 1.29 is 13.9 Å². The quantitative estimate of drug-likeness (QED) is 0.898. The summed E-state index contributed by atoms with van der Waals surface area (Å²) in [4.78, 5) is 13.6. The van der Waals surface area contributed by atoms with Gasteiger partial charge in [0.2, 0.25) is 5.91 Å². The molecule has 98 valence electrons. The first-order valence-electron chi connectivity index (χ1n) is 6.00. The van der Waals surface area contributed by atoms with Crippen LogP contribution < -0.4 is 15.0 Å². The van der Waals surface area contributed by atoms with Crippen LogP contribution in [0.3, 0.4) is 0 Å². The maximum Gasteiger partial charge on any atom is 0.243 e. The molecule has 0 saturated heterocycles. The van der Waals surface area contributed by atoms with E-state index in [0.717, 1.165) is 12.1 Å². The number of benzene rings is 1. The average Bonchev–Trinajstić information content (AvgIpc) is 2.36. The first-order valence-corrected chi connectivity index (χ1v) is 6.00. The third-order valence-corrected chi connectivity index (χ3v) is 3.29. The van der Waals surface area contributed by atoms with Crippen LogP contribution in [0.15, 0.2) is 12.1 Å². The first kappa shape index (κ1) is 12.7. The van der Waals surface area contributed by atoms with Crippen LogP contribution >= 0.6 is 0 Å². The Bertz CT molecular complexity index is 476. The van der Waals surface area contributed by atoms with Gasteiger partial charge >= 0.3 is 0 Å². The van der Waals surface area contributed by atoms with Gasteiger partial charge in [0.1, 0.15) is 0 Å².